The third-order valence-electron chi connectivity index (χ3n) is 6.56. The molecule has 4 aromatic rings. The van der Waals surface area contributed by atoms with E-state index in [9.17, 15) is 9.90 Å². The Balaban J connectivity index is 1.61. The number of allylic oxidation sites excluding steroid dienone is 1. The number of aryl methyl sites for hydroxylation is 1. The first-order valence-corrected chi connectivity index (χ1v) is 13.2. The fourth-order valence-corrected chi connectivity index (χ4v) is 6.57. The number of hydrogen-bond acceptors (Lipinski definition) is 5. The van der Waals surface area contributed by atoms with Gasteiger partial charge in [0.25, 0.3) is 5.56 Å². The van der Waals surface area contributed by atoms with Gasteiger partial charge in [-0.2, -0.15) is 0 Å². The van der Waals surface area contributed by atoms with Crippen molar-refractivity contribution < 1.29 is 9.84 Å². The highest BCUT2D eigenvalue weighted by molar-refractivity contribution is 14.1. The van der Waals surface area contributed by atoms with Crippen LogP contribution in [-0.2, 0) is 6.42 Å². The van der Waals surface area contributed by atoms with Crippen LogP contribution in [0, 0.1) is 3.57 Å². The first-order chi connectivity index (χ1) is 17.0. The topological polar surface area (TPSA) is 63.8 Å². The second kappa shape index (κ2) is 8.80. The molecule has 7 heteroatoms. The highest BCUT2D eigenvalue weighted by Gasteiger charge is 2.32. The third-order valence-corrected chi connectivity index (χ3v) is 8.36. The SMILES string of the molecule is COc1cc(/C=c2\sc3n(c2=O)[C@@H](c2ccccc2)C2=C(N=3)c3ccccc3CC2)cc(I)c1O. The fraction of sp³-hybridized carbons (Fsp3) is 0.143. The number of phenols is 1. The minimum absolute atomic E-state index is 0.0601. The Morgan fingerprint density at radius 3 is 2.69 bits per heavy atom. The number of ether oxygens (including phenoxy) is 1. The molecule has 1 aromatic heterocycles. The number of halogens is 1. The highest BCUT2D eigenvalue weighted by atomic mass is 127. The van der Waals surface area contributed by atoms with Crippen LogP contribution >= 0.6 is 33.9 Å². The van der Waals surface area contributed by atoms with E-state index in [1.54, 1.807) is 6.07 Å². The second-order valence-corrected chi connectivity index (χ2v) is 10.7. The number of hydrogen-bond donors (Lipinski definition) is 1. The Bertz CT molecular complexity index is 1690. The molecule has 2 aliphatic rings. The lowest BCUT2D eigenvalue weighted by atomic mass is 9.83. The van der Waals surface area contributed by atoms with E-state index in [-0.39, 0.29) is 17.4 Å². The minimum atomic E-state index is -0.188. The van der Waals surface area contributed by atoms with Crippen molar-refractivity contribution in [3.8, 4) is 11.5 Å². The van der Waals surface area contributed by atoms with Gasteiger partial charge in [0, 0.05) is 5.56 Å². The molecule has 0 radical (unpaired) electrons. The first kappa shape index (κ1) is 22.3. The molecule has 0 unspecified atom stereocenters. The normalized spacial score (nSPS) is 16.9. The number of nitrogens with zero attached hydrogens (tertiary/aromatic N) is 2. The Hall–Kier alpha value is -3.17. The van der Waals surface area contributed by atoms with Gasteiger partial charge in [-0.1, -0.05) is 65.9 Å². The van der Waals surface area contributed by atoms with Gasteiger partial charge in [-0.3, -0.25) is 9.36 Å². The monoisotopic (exact) mass is 592 g/mol. The zero-order chi connectivity index (χ0) is 24.1. The average Bonchev–Trinajstić information content (AvgIpc) is 3.19. The van der Waals surface area contributed by atoms with Crippen LogP contribution in [0.25, 0.3) is 11.8 Å². The molecule has 0 spiro atoms. The van der Waals surface area contributed by atoms with Crippen molar-refractivity contribution in [2.45, 2.75) is 18.9 Å². The largest absolute Gasteiger partial charge is 0.504 e. The highest BCUT2D eigenvalue weighted by Crippen LogP contribution is 2.41. The average molecular weight is 592 g/mol. The minimum Gasteiger partial charge on any atom is -0.504 e. The summed E-state index contributed by atoms with van der Waals surface area (Å²) in [7, 11) is 1.52. The molecule has 3 aromatic carbocycles. The summed E-state index contributed by atoms with van der Waals surface area (Å²) in [5.41, 5.74) is 6.46. The van der Waals surface area contributed by atoms with Crippen molar-refractivity contribution in [2.75, 3.05) is 7.11 Å². The van der Waals surface area contributed by atoms with Gasteiger partial charge in [0.2, 0.25) is 0 Å². The van der Waals surface area contributed by atoms with Gasteiger partial charge in [-0.25, -0.2) is 4.99 Å². The van der Waals surface area contributed by atoms with Gasteiger partial charge in [0.1, 0.15) is 0 Å². The second-order valence-electron chi connectivity index (χ2n) is 8.58. The summed E-state index contributed by atoms with van der Waals surface area (Å²) < 4.78 is 8.42. The molecule has 6 rings (SSSR count). The summed E-state index contributed by atoms with van der Waals surface area (Å²) in [5.74, 6) is 0.479. The molecule has 2 heterocycles. The van der Waals surface area contributed by atoms with Crippen LogP contribution < -0.4 is 19.6 Å². The summed E-state index contributed by atoms with van der Waals surface area (Å²) in [4.78, 5) is 19.6. The van der Waals surface area contributed by atoms with Crippen molar-refractivity contribution in [1.29, 1.82) is 0 Å². The first-order valence-electron chi connectivity index (χ1n) is 11.3. The van der Waals surface area contributed by atoms with Crippen LogP contribution in [0.4, 0.5) is 0 Å². The number of rotatable bonds is 3. The fourth-order valence-electron chi connectivity index (χ4n) is 4.94. The van der Waals surface area contributed by atoms with Crippen molar-refractivity contribution in [3.05, 3.63) is 118 Å². The van der Waals surface area contributed by atoms with E-state index in [4.69, 9.17) is 9.73 Å². The van der Waals surface area contributed by atoms with Crippen molar-refractivity contribution >= 4 is 45.7 Å². The maximum absolute atomic E-state index is 13.8. The van der Waals surface area contributed by atoms with Crippen molar-refractivity contribution in [3.63, 3.8) is 0 Å². The molecule has 0 amide bonds. The number of methoxy groups -OCH3 is 1. The van der Waals surface area contributed by atoms with Crippen LogP contribution in [0.2, 0.25) is 0 Å². The molecule has 0 bridgehead atoms. The molecule has 5 nitrogen and oxygen atoms in total. The van der Waals surface area contributed by atoms with E-state index in [0.717, 1.165) is 35.2 Å². The number of aromatic nitrogens is 1. The molecule has 1 atom stereocenters. The number of thiazole rings is 1. The van der Waals surface area contributed by atoms with Gasteiger partial charge in [-0.05, 0) is 75.9 Å². The summed E-state index contributed by atoms with van der Waals surface area (Å²) in [5, 5.41) is 10.2. The Kier molecular flexibility index (Phi) is 5.61. The van der Waals surface area contributed by atoms with Crippen LogP contribution in [-0.4, -0.2) is 16.8 Å². The summed E-state index contributed by atoms with van der Waals surface area (Å²) >= 11 is 3.46. The zero-order valence-electron chi connectivity index (χ0n) is 18.9. The van der Waals surface area contributed by atoms with Gasteiger partial charge >= 0.3 is 0 Å². The molecule has 1 aliphatic heterocycles. The number of benzene rings is 3. The zero-order valence-corrected chi connectivity index (χ0v) is 21.8. The van der Waals surface area contributed by atoms with Crippen molar-refractivity contribution in [2.24, 2.45) is 4.99 Å². The number of aromatic hydroxyl groups is 1. The van der Waals surface area contributed by atoms with Gasteiger partial charge < -0.3 is 9.84 Å². The molecule has 1 N–H and O–H groups in total. The summed E-state index contributed by atoms with van der Waals surface area (Å²) in [6.45, 7) is 0. The van der Waals surface area contributed by atoms with E-state index in [2.05, 4.69) is 59.0 Å². The van der Waals surface area contributed by atoms with Crippen LogP contribution in [0.1, 0.15) is 34.7 Å². The summed E-state index contributed by atoms with van der Waals surface area (Å²) in [6.07, 6.45) is 3.66. The Labute approximate surface area is 219 Å². The van der Waals surface area contributed by atoms with Crippen molar-refractivity contribution in [1.82, 2.24) is 4.57 Å². The quantitative estimate of drug-likeness (QED) is 0.353. The maximum Gasteiger partial charge on any atom is 0.271 e. The third kappa shape index (κ3) is 3.73. The molecule has 0 saturated heterocycles. The van der Waals surface area contributed by atoms with Gasteiger partial charge in [0.15, 0.2) is 16.3 Å². The van der Waals surface area contributed by atoms with E-state index in [1.807, 2.05) is 34.9 Å². The van der Waals surface area contributed by atoms with Gasteiger partial charge in [0.05, 0.1) is 27.0 Å². The predicted molar refractivity (Wildman–Crippen MR) is 147 cm³/mol. The standard InChI is InChI=1S/C28H21IN2O3S/c1-34-22-14-16(13-21(29)26(22)32)15-23-27(33)31-25(18-8-3-2-4-9-18)20-12-11-17-7-5-6-10-19(17)24(20)30-28(31)35-23/h2-10,13-15,25,32H,11-12H2,1H3/b23-15-/t25-/m0/s1. The lowest BCUT2D eigenvalue weighted by Gasteiger charge is -2.30. The lowest BCUT2D eigenvalue weighted by molar-refractivity contribution is 0.371. The van der Waals surface area contributed by atoms with E-state index in [0.29, 0.717) is 18.7 Å². The molecular formula is C28H21IN2O3S. The Morgan fingerprint density at radius 1 is 1.11 bits per heavy atom. The lowest BCUT2D eigenvalue weighted by Crippen LogP contribution is -2.38. The van der Waals surface area contributed by atoms with Crippen LogP contribution in [0.15, 0.2) is 82.1 Å². The number of fused-ring (bicyclic) bond motifs is 3. The maximum atomic E-state index is 13.8. The molecule has 35 heavy (non-hydrogen) atoms. The summed E-state index contributed by atoms with van der Waals surface area (Å²) in [6, 6.07) is 22.0. The van der Waals surface area contributed by atoms with Crippen LogP contribution in [0.3, 0.4) is 0 Å². The smallest absolute Gasteiger partial charge is 0.271 e. The molecular weight excluding hydrogens is 571 g/mol. The van der Waals surface area contributed by atoms with E-state index in [1.165, 1.54) is 29.6 Å². The van der Waals surface area contributed by atoms with E-state index < -0.39 is 0 Å². The molecule has 1 aliphatic carbocycles. The van der Waals surface area contributed by atoms with Gasteiger partial charge in [-0.15, -0.1) is 0 Å². The predicted octanol–water partition coefficient (Wildman–Crippen LogP) is 4.64. The Morgan fingerprint density at radius 2 is 1.89 bits per heavy atom. The molecule has 174 valence electrons. The molecule has 0 fully saturated rings. The van der Waals surface area contributed by atoms with Crippen LogP contribution in [0.5, 0.6) is 11.5 Å². The number of phenolic OH excluding ortho intramolecular Hbond substituents is 1. The van der Waals surface area contributed by atoms with E-state index >= 15 is 0 Å². The molecule has 0 saturated carbocycles.